The van der Waals surface area contributed by atoms with E-state index >= 15 is 0 Å². The Hall–Kier alpha value is -13.0. The highest BCUT2D eigenvalue weighted by molar-refractivity contribution is 5.87. The maximum atomic E-state index is 11.5. The van der Waals surface area contributed by atoms with Gasteiger partial charge in [-0.15, -0.1) is 0 Å². The number of hydrogen-bond acceptors (Lipinski definition) is 5. The molecule has 0 aliphatic carbocycles. The summed E-state index contributed by atoms with van der Waals surface area (Å²) in [7, 11) is 0. The van der Waals surface area contributed by atoms with Crippen molar-refractivity contribution in [2.24, 2.45) is 0 Å². The number of fused-ring (bicyclic) bond motifs is 10. The van der Waals surface area contributed by atoms with Crippen LogP contribution in [0.2, 0.25) is 0 Å². The van der Waals surface area contributed by atoms with E-state index < -0.39 is 0 Å². The highest BCUT2D eigenvalue weighted by Gasteiger charge is 2.17. The van der Waals surface area contributed by atoms with Crippen LogP contribution in [0.4, 0.5) is 0 Å². The predicted molar refractivity (Wildman–Crippen MR) is 520 cm³/mol. The number of hydrogen-bond donors (Lipinski definition) is 8. The van der Waals surface area contributed by atoms with Crippen molar-refractivity contribution in [3.05, 3.63) is 336 Å². The second-order valence-corrected chi connectivity index (χ2v) is 34.8. The summed E-state index contributed by atoms with van der Waals surface area (Å²) in [5.74, 6) is 3.43. The van der Waals surface area contributed by atoms with E-state index in [0.717, 1.165) is 38.7 Å². The van der Waals surface area contributed by atoms with E-state index in [4.69, 9.17) is 0 Å². The molecular formula is C106H127N15O. The Labute approximate surface area is 719 Å². The molecule has 8 aromatic carbocycles. The second kappa shape index (κ2) is 41.8. The second-order valence-electron chi connectivity index (χ2n) is 34.8. The standard InChI is InChI=1S/C12H15N.4C11H13N.C10H12N2O.4C10H12N2/c1-12(2,3)10-5-4-6-11-9(10)7-8-13-11;1-8(2)9-3-4-11-10(7-9)5-6-12-11;1-8(2)10-4-3-9-5-6-12-11(9)7-10;1-9(2)12-8-7-10-5-3-4-6-11(10)12;1-8(2)10-7-12-11-6-4-3-5-9(10)11;1-7(2)12-9-6-4-3-5-8(9)11-10(12)13;1-7(2)8-6-12-9-4-3-5-11-10(8)9;1-7(2)9-6-12-10-8(9)4-3-5-11-10;1-8(2)12-7-11-9-5-3-4-6-10(9)12;1-7(2)10-8-5-3-4-6-9(8)11-12-10/h4-8,13H,1-3H3;2*3-8,12H,1-2H3;3-9H,1-2H3;3-8,12H,1-2H3;3-7H,1-2H3,(H,11,13);3-7,12H,1-2H3;3-7H,1-2H3,(H,11,12);3-8H,1-2H3;3-7H,1-2H3,(H,11,12). The van der Waals surface area contributed by atoms with Gasteiger partial charge in [0.1, 0.15) is 5.65 Å². The third kappa shape index (κ3) is 22.7. The monoisotopic (exact) mass is 1630 g/mol. The van der Waals surface area contributed by atoms with Gasteiger partial charge in [-0.2, -0.15) is 5.10 Å². The van der Waals surface area contributed by atoms with Gasteiger partial charge in [0.05, 0.1) is 44.9 Å². The van der Waals surface area contributed by atoms with Crippen LogP contribution >= 0.6 is 0 Å². The summed E-state index contributed by atoms with van der Waals surface area (Å²) in [6.45, 7) is 45.8. The third-order valence-corrected chi connectivity index (χ3v) is 21.8. The minimum Gasteiger partial charge on any atom is -0.361 e. The Morgan fingerprint density at radius 1 is 0.344 bits per heavy atom. The topological polar surface area (TPSA) is 210 Å². The van der Waals surface area contributed by atoms with E-state index in [0.29, 0.717) is 47.6 Å². The van der Waals surface area contributed by atoms with Gasteiger partial charge in [0.25, 0.3) is 0 Å². The van der Waals surface area contributed by atoms with Crippen LogP contribution in [0, 0.1) is 0 Å². The van der Waals surface area contributed by atoms with E-state index in [1.807, 2.05) is 142 Å². The van der Waals surface area contributed by atoms with E-state index in [9.17, 15) is 4.79 Å². The summed E-state index contributed by atoms with van der Waals surface area (Å²) in [5.41, 5.74) is 24.4. The number of aromatic nitrogens is 15. The van der Waals surface area contributed by atoms with Crippen molar-refractivity contribution in [2.75, 3.05) is 0 Å². The van der Waals surface area contributed by atoms with Crippen LogP contribution in [0.5, 0.6) is 0 Å². The van der Waals surface area contributed by atoms with E-state index in [1.165, 1.54) is 110 Å². The smallest absolute Gasteiger partial charge is 0.326 e. The fourth-order valence-electron chi connectivity index (χ4n) is 15.0. The van der Waals surface area contributed by atoms with Crippen LogP contribution in [0.1, 0.15) is 238 Å². The van der Waals surface area contributed by atoms with Crippen molar-refractivity contribution in [1.82, 2.24) is 73.7 Å². The first kappa shape index (κ1) is 89.8. The number of pyridine rings is 2. The molecule has 0 aliphatic heterocycles. The van der Waals surface area contributed by atoms with Crippen molar-refractivity contribution in [3.8, 4) is 0 Å². The highest BCUT2D eigenvalue weighted by Crippen LogP contribution is 2.32. The zero-order valence-electron chi connectivity index (χ0n) is 75.4. The molecule has 20 aromatic rings. The van der Waals surface area contributed by atoms with Gasteiger partial charge in [-0.25, -0.2) is 14.8 Å². The lowest BCUT2D eigenvalue weighted by atomic mass is 9.85. The molecule has 0 aliphatic rings. The van der Waals surface area contributed by atoms with Gasteiger partial charge in [0.2, 0.25) is 0 Å². The van der Waals surface area contributed by atoms with E-state index in [1.54, 1.807) is 4.57 Å². The first-order chi connectivity index (χ1) is 58.6. The van der Waals surface area contributed by atoms with Gasteiger partial charge < -0.3 is 44.0 Å². The van der Waals surface area contributed by atoms with Crippen LogP contribution in [-0.2, 0) is 5.41 Å². The minimum atomic E-state index is -0.0313. The van der Waals surface area contributed by atoms with Gasteiger partial charge in [-0.1, -0.05) is 213 Å². The van der Waals surface area contributed by atoms with Crippen LogP contribution in [-0.4, -0.2) is 73.7 Å². The zero-order chi connectivity index (χ0) is 87.3. The Kier molecular flexibility index (Phi) is 30.8. The molecule has 632 valence electrons. The number of rotatable bonds is 9. The molecule has 0 radical (unpaired) electrons. The molecule has 8 N–H and O–H groups in total. The van der Waals surface area contributed by atoms with Gasteiger partial charge >= 0.3 is 5.69 Å². The molecule has 0 spiro atoms. The summed E-state index contributed by atoms with van der Waals surface area (Å²) in [6.07, 6.45) is 19.8. The van der Waals surface area contributed by atoms with E-state index in [-0.39, 0.29) is 17.1 Å². The summed E-state index contributed by atoms with van der Waals surface area (Å²) in [6, 6.07) is 78.4. The summed E-state index contributed by atoms with van der Waals surface area (Å²) in [4.78, 5) is 46.4. The molecule has 0 unspecified atom stereocenters. The molecule has 20 rings (SSSR count). The van der Waals surface area contributed by atoms with Gasteiger partial charge in [0.15, 0.2) is 0 Å². The lowest BCUT2D eigenvalue weighted by molar-refractivity contribution is 0.596. The Morgan fingerprint density at radius 2 is 0.877 bits per heavy atom. The summed E-state index contributed by atoms with van der Waals surface area (Å²) in [5, 5.41) is 16.4. The zero-order valence-corrected chi connectivity index (χ0v) is 75.4. The molecule has 16 heteroatoms. The number of imidazole rings is 2. The highest BCUT2D eigenvalue weighted by atomic mass is 16.1. The Morgan fingerprint density at radius 3 is 1.57 bits per heavy atom. The lowest BCUT2D eigenvalue weighted by Gasteiger charge is -2.19. The number of para-hydroxylation sites is 7. The first-order valence-corrected chi connectivity index (χ1v) is 43.3. The third-order valence-electron chi connectivity index (χ3n) is 21.8. The Bertz CT molecular complexity index is 5960. The molecule has 12 aromatic heterocycles. The van der Waals surface area contributed by atoms with Gasteiger partial charge in [-0.05, 0) is 247 Å². The fraction of sp³-hybridized carbons (Fsp3) is 0.292. The normalized spacial score (nSPS) is 11.4. The quantitative estimate of drug-likeness (QED) is 0.0707. The van der Waals surface area contributed by atoms with Gasteiger partial charge in [-0.3, -0.25) is 14.6 Å². The van der Waals surface area contributed by atoms with Crippen LogP contribution < -0.4 is 5.69 Å². The van der Waals surface area contributed by atoms with Crippen LogP contribution in [0.3, 0.4) is 0 Å². The number of nitrogens with zero attached hydrogens (tertiary/aromatic N) is 7. The van der Waals surface area contributed by atoms with Crippen molar-refractivity contribution < 1.29 is 0 Å². The number of aromatic amines is 8. The predicted octanol–water partition coefficient (Wildman–Crippen LogP) is 29.1. The van der Waals surface area contributed by atoms with Crippen LogP contribution in [0.15, 0.2) is 291 Å². The molecule has 122 heavy (non-hydrogen) atoms. The molecule has 0 saturated carbocycles. The van der Waals surface area contributed by atoms with Crippen molar-refractivity contribution in [3.63, 3.8) is 0 Å². The van der Waals surface area contributed by atoms with Gasteiger partial charge in [0, 0.05) is 129 Å². The average molecular weight is 1630 g/mol. The largest absolute Gasteiger partial charge is 0.361 e. The van der Waals surface area contributed by atoms with Crippen molar-refractivity contribution in [2.45, 2.75) is 204 Å². The molecule has 0 bridgehead atoms. The lowest BCUT2D eigenvalue weighted by Crippen LogP contribution is -2.18. The average Bonchev–Trinajstić information content (AvgIpc) is 1.57. The molecular weight excluding hydrogens is 1500 g/mol. The summed E-state index contributed by atoms with van der Waals surface area (Å²) >= 11 is 0. The number of nitrogens with one attached hydrogen (secondary N) is 8. The maximum absolute atomic E-state index is 11.5. The minimum absolute atomic E-state index is 0.0313. The maximum Gasteiger partial charge on any atom is 0.326 e. The fourth-order valence-corrected chi connectivity index (χ4v) is 15.0. The van der Waals surface area contributed by atoms with E-state index in [2.05, 4.69) is 359 Å². The van der Waals surface area contributed by atoms with Crippen molar-refractivity contribution in [1.29, 1.82) is 0 Å². The van der Waals surface area contributed by atoms with Crippen molar-refractivity contribution >= 4 is 110 Å². The van der Waals surface area contributed by atoms with Crippen LogP contribution in [0.25, 0.3) is 110 Å². The molecule has 0 saturated heterocycles. The molecule has 0 atom stereocenters. The number of H-pyrrole nitrogens is 8. The summed E-state index contributed by atoms with van der Waals surface area (Å²) < 4.78 is 6.22. The number of benzene rings is 8. The molecule has 12 heterocycles. The molecule has 0 amide bonds. The molecule has 0 fully saturated rings. The SMILES string of the molecule is CC(C)(C)c1cccc2[nH]ccc12.CC(C)c1[nH]nc2ccccc12.CC(C)c1c[nH]c2ccccc12.CC(C)c1c[nH]c2cccnc12.CC(C)c1c[nH]c2ncccc12.CC(C)c1ccc2[nH]ccc2c1.CC(C)c1ccc2cc[nH]c2c1.CC(C)n1c(=O)[nH]c2ccccc21.CC(C)n1ccc2ccccc21.CC(C)n1cnc2ccccc21. The molecule has 16 nitrogen and oxygen atoms in total. The first-order valence-electron chi connectivity index (χ1n) is 43.3. The Balaban J connectivity index is 0.000000132.